The van der Waals surface area contributed by atoms with Crippen molar-refractivity contribution in [3.8, 4) is 0 Å². The van der Waals surface area contributed by atoms with Gasteiger partial charge in [-0.15, -0.1) is 0 Å². The lowest BCUT2D eigenvalue weighted by Gasteiger charge is -2.18. The second-order valence-electron chi connectivity index (χ2n) is 5.82. The predicted molar refractivity (Wildman–Crippen MR) is 97.5 cm³/mol. The first-order chi connectivity index (χ1) is 12.6. The van der Waals surface area contributed by atoms with E-state index in [0.717, 1.165) is 5.56 Å². The number of aromatic nitrogens is 3. The number of hydrogen-bond acceptors (Lipinski definition) is 4. The highest BCUT2D eigenvalue weighted by molar-refractivity contribution is 6.00. The average Bonchev–Trinajstić information content (AvgIpc) is 3.07. The Morgan fingerprint density at radius 2 is 1.92 bits per heavy atom. The van der Waals surface area contributed by atoms with Gasteiger partial charge in [-0.25, -0.2) is 0 Å². The smallest absolute Gasteiger partial charge is 0.253 e. The Bertz CT molecular complexity index is 877. The average molecular weight is 349 g/mol. The number of pyridine rings is 1. The first kappa shape index (κ1) is 17.3. The van der Waals surface area contributed by atoms with Gasteiger partial charge in [-0.1, -0.05) is 30.3 Å². The van der Waals surface area contributed by atoms with Gasteiger partial charge in [0.2, 0.25) is 5.91 Å². The molecule has 7 heteroatoms. The normalized spacial score (nSPS) is 11.6. The van der Waals surface area contributed by atoms with Gasteiger partial charge in [-0.05, 0) is 17.7 Å². The van der Waals surface area contributed by atoms with E-state index in [-0.39, 0.29) is 11.8 Å². The van der Waals surface area contributed by atoms with Gasteiger partial charge in [0.05, 0.1) is 5.56 Å². The molecule has 0 aliphatic rings. The van der Waals surface area contributed by atoms with Crippen LogP contribution < -0.4 is 10.6 Å². The molecule has 1 aromatic carbocycles. The number of nitrogens with zero attached hydrogens (tertiary/aromatic N) is 3. The summed E-state index contributed by atoms with van der Waals surface area (Å²) in [6.45, 7) is 0. The van der Waals surface area contributed by atoms with Gasteiger partial charge in [0.1, 0.15) is 6.04 Å². The van der Waals surface area contributed by atoms with Gasteiger partial charge in [-0.2, -0.15) is 5.10 Å². The van der Waals surface area contributed by atoms with E-state index in [2.05, 4.69) is 20.7 Å². The van der Waals surface area contributed by atoms with Crippen LogP contribution in [0.15, 0.2) is 67.1 Å². The summed E-state index contributed by atoms with van der Waals surface area (Å²) in [6, 6.07) is 13.8. The predicted octanol–water partition coefficient (Wildman–Crippen LogP) is 1.79. The van der Waals surface area contributed by atoms with Crippen LogP contribution in [-0.4, -0.2) is 32.6 Å². The van der Waals surface area contributed by atoms with Gasteiger partial charge in [-0.3, -0.25) is 19.3 Å². The molecule has 0 saturated heterocycles. The number of carbonyl (C=O) groups excluding carboxylic acids is 2. The van der Waals surface area contributed by atoms with Crippen LogP contribution in [0.25, 0.3) is 0 Å². The van der Waals surface area contributed by atoms with Crippen LogP contribution in [-0.2, 0) is 18.3 Å². The highest BCUT2D eigenvalue weighted by Gasteiger charge is 2.22. The molecule has 2 amide bonds. The van der Waals surface area contributed by atoms with E-state index in [4.69, 9.17) is 0 Å². The molecule has 0 fully saturated rings. The molecular formula is C19H19N5O2. The molecular weight excluding hydrogens is 330 g/mol. The lowest BCUT2D eigenvalue weighted by molar-refractivity contribution is -0.118. The van der Waals surface area contributed by atoms with Crippen LogP contribution in [0.5, 0.6) is 0 Å². The van der Waals surface area contributed by atoms with Crippen molar-refractivity contribution in [3.05, 3.63) is 78.2 Å². The van der Waals surface area contributed by atoms with Crippen LogP contribution in [0, 0.1) is 0 Å². The van der Waals surface area contributed by atoms with Crippen LogP contribution in [0.1, 0.15) is 15.9 Å². The molecule has 2 N–H and O–H groups in total. The third-order valence-electron chi connectivity index (χ3n) is 3.79. The van der Waals surface area contributed by atoms with E-state index in [1.807, 2.05) is 30.3 Å². The first-order valence-corrected chi connectivity index (χ1v) is 8.17. The fourth-order valence-electron chi connectivity index (χ4n) is 2.49. The van der Waals surface area contributed by atoms with Gasteiger partial charge < -0.3 is 10.6 Å². The Balaban J connectivity index is 1.76. The quantitative estimate of drug-likeness (QED) is 0.710. The Hall–Kier alpha value is -3.48. The zero-order chi connectivity index (χ0) is 18.4. The summed E-state index contributed by atoms with van der Waals surface area (Å²) in [5.74, 6) is -0.244. The largest absolute Gasteiger partial charge is 0.340 e. The number of carbonyl (C=O) groups is 2. The SMILES string of the molecule is Cn1ccc(NC(=O)C(Cc2ccccc2)NC(=O)c2cccnc2)n1. The van der Waals surface area contributed by atoms with Crippen molar-refractivity contribution in [2.75, 3.05) is 5.32 Å². The molecule has 0 aliphatic heterocycles. The third kappa shape index (κ3) is 4.54. The Morgan fingerprint density at radius 3 is 2.58 bits per heavy atom. The lowest BCUT2D eigenvalue weighted by atomic mass is 10.0. The van der Waals surface area contributed by atoms with Gasteiger partial charge >= 0.3 is 0 Å². The van der Waals surface area contributed by atoms with Crippen molar-refractivity contribution >= 4 is 17.6 Å². The van der Waals surface area contributed by atoms with Crippen molar-refractivity contribution in [1.29, 1.82) is 0 Å². The maximum atomic E-state index is 12.7. The highest BCUT2D eigenvalue weighted by Crippen LogP contribution is 2.08. The number of rotatable bonds is 6. The first-order valence-electron chi connectivity index (χ1n) is 8.17. The Kier molecular flexibility index (Phi) is 5.38. The molecule has 0 aliphatic carbocycles. The van der Waals surface area contributed by atoms with Crippen molar-refractivity contribution in [1.82, 2.24) is 20.1 Å². The van der Waals surface area contributed by atoms with Gasteiger partial charge in [0.15, 0.2) is 5.82 Å². The molecule has 132 valence electrons. The summed E-state index contributed by atoms with van der Waals surface area (Å²) in [6.07, 6.45) is 5.15. The summed E-state index contributed by atoms with van der Waals surface area (Å²) in [5.41, 5.74) is 1.34. The molecule has 0 spiro atoms. The van der Waals surface area contributed by atoms with Crippen molar-refractivity contribution in [2.24, 2.45) is 7.05 Å². The van der Waals surface area contributed by atoms with Crippen LogP contribution in [0.3, 0.4) is 0 Å². The monoisotopic (exact) mass is 349 g/mol. The van der Waals surface area contributed by atoms with E-state index in [1.165, 1.54) is 6.20 Å². The molecule has 3 aromatic rings. The molecule has 1 unspecified atom stereocenters. The topological polar surface area (TPSA) is 88.9 Å². The summed E-state index contributed by atoms with van der Waals surface area (Å²) < 4.78 is 1.59. The Labute approximate surface area is 151 Å². The van der Waals surface area contributed by atoms with E-state index < -0.39 is 6.04 Å². The lowest BCUT2D eigenvalue weighted by Crippen LogP contribution is -2.45. The van der Waals surface area contributed by atoms with Crippen molar-refractivity contribution < 1.29 is 9.59 Å². The molecule has 0 radical (unpaired) electrons. The fourth-order valence-corrected chi connectivity index (χ4v) is 2.49. The molecule has 0 saturated carbocycles. The van der Waals surface area contributed by atoms with Crippen LogP contribution in [0.2, 0.25) is 0 Å². The minimum Gasteiger partial charge on any atom is -0.340 e. The minimum absolute atomic E-state index is 0.329. The van der Waals surface area contributed by atoms with Gasteiger partial charge in [0, 0.05) is 38.1 Å². The molecule has 3 rings (SSSR count). The maximum absolute atomic E-state index is 12.7. The van der Waals surface area contributed by atoms with Crippen LogP contribution in [0.4, 0.5) is 5.82 Å². The number of aryl methyl sites for hydroxylation is 1. The number of anilines is 1. The maximum Gasteiger partial charge on any atom is 0.253 e. The molecule has 26 heavy (non-hydrogen) atoms. The van der Waals surface area contributed by atoms with Crippen LogP contribution >= 0.6 is 0 Å². The molecule has 2 aromatic heterocycles. The second kappa shape index (κ2) is 8.06. The fraction of sp³-hybridized carbons (Fsp3) is 0.158. The summed E-state index contributed by atoms with van der Waals surface area (Å²) in [4.78, 5) is 29.1. The van der Waals surface area contributed by atoms with E-state index >= 15 is 0 Å². The van der Waals surface area contributed by atoms with Crippen molar-refractivity contribution in [2.45, 2.75) is 12.5 Å². The molecule has 2 heterocycles. The minimum atomic E-state index is -0.743. The number of amides is 2. The van der Waals surface area contributed by atoms with Gasteiger partial charge in [0.25, 0.3) is 5.91 Å². The van der Waals surface area contributed by atoms with E-state index in [0.29, 0.717) is 17.8 Å². The zero-order valence-corrected chi connectivity index (χ0v) is 14.3. The zero-order valence-electron chi connectivity index (χ0n) is 14.3. The highest BCUT2D eigenvalue weighted by atomic mass is 16.2. The number of benzene rings is 1. The molecule has 1 atom stereocenters. The summed E-state index contributed by atoms with van der Waals surface area (Å²) in [7, 11) is 1.77. The molecule has 7 nitrogen and oxygen atoms in total. The number of hydrogen-bond donors (Lipinski definition) is 2. The van der Waals surface area contributed by atoms with Crippen molar-refractivity contribution in [3.63, 3.8) is 0 Å². The number of nitrogens with one attached hydrogen (secondary N) is 2. The second-order valence-corrected chi connectivity index (χ2v) is 5.82. The molecule has 0 bridgehead atoms. The summed E-state index contributed by atoms with van der Waals surface area (Å²) in [5, 5.41) is 9.66. The van der Waals surface area contributed by atoms with E-state index in [9.17, 15) is 9.59 Å². The Morgan fingerprint density at radius 1 is 1.12 bits per heavy atom. The van der Waals surface area contributed by atoms with E-state index in [1.54, 1.807) is 42.3 Å². The standard InChI is InChI=1S/C19H19N5O2/c1-24-11-9-17(23-24)22-19(26)16(12-14-6-3-2-4-7-14)21-18(25)15-8-5-10-20-13-15/h2-11,13,16H,12H2,1H3,(H,21,25)(H,22,23,26). The summed E-state index contributed by atoms with van der Waals surface area (Å²) >= 11 is 0. The third-order valence-corrected chi connectivity index (χ3v) is 3.79.